The minimum Gasteiger partial charge on any atom is -0.480 e. The van der Waals surface area contributed by atoms with Crippen molar-refractivity contribution in [1.82, 2.24) is 19.6 Å². The van der Waals surface area contributed by atoms with Crippen molar-refractivity contribution in [3.8, 4) is 0 Å². The largest absolute Gasteiger partial charge is 0.480 e. The van der Waals surface area contributed by atoms with Crippen LogP contribution in [0.4, 0.5) is 14.4 Å². The maximum absolute atomic E-state index is 13.2. The molecule has 0 saturated carbocycles. The topological polar surface area (TPSA) is 168 Å². The third-order valence-electron chi connectivity index (χ3n) is 5.98. The van der Waals surface area contributed by atoms with Gasteiger partial charge in [0.15, 0.2) is 0 Å². The lowest BCUT2D eigenvalue weighted by atomic mass is 10.2. The summed E-state index contributed by atoms with van der Waals surface area (Å²) >= 11 is 0. The summed E-state index contributed by atoms with van der Waals surface area (Å²) in [7, 11) is 0. The molecular weight excluding hydrogens is 592 g/mol. The Balaban J connectivity index is 3.16. The van der Waals surface area contributed by atoms with Gasteiger partial charge in [-0.2, -0.15) is 0 Å². The molecule has 15 heteroatoms. The van der Waals surface area contributed by atoms with E-state index in [0.717, 1.165) is 0 Å². The van der Waals surface area contributed by atoms with E-state index < -0.39 is 53.8 Å². The van der Waals surface area contributed by atoms with E-state index in [1.54, 1.807) is 62.3 Å². The SMILES string of the molecule is CC(C)(C)OC(=O)N1CCN(CC(O)COCCOCC(=O)O)CCN(C(=O)OC(C)(C)C)CCN(C(=O)OC(C)(C)C)CC1. The number of β-amino-alcohol motifs (C(OH)–C–C–N with tert-alkyl or cyclic N) is 1. The predicted octanol–water partition coefficient (Wildman–Crippen LogP) is 2.49. The summed E-state index contributed by atoms with van der Waals surface area (Å²) in [5.41, 5.74) is -2.21. The molecule has 0 aromatic carbocycles. The summed E-state index contributed by atoms with van der Waals surface area (Å²) in [6, 6.07) is 0. The first-order chi connectivity index (χ1) is 20.6. The lowest BCUT2D eigenvalue weighted by Gasteiger charge is -2.36. The Morgan fingerprint density at radius 1 is 0.600 bits per heavy atom. The number of hydrogen-bond acceptors (Lipinski definition) is 11. The molecule has 1 saturated heterocycles. The van der Waals surface area contributed by atoms with E-state index in [9.17, 15) is 24.3 Å². The quantitative estimate of drug-likeness (QED) is 0.277. The van der Waals surface area contributed by atoms with E-state index in [1.807, 2.05) is 4.90 Å². The minimum atomic E-state index is -1.08. The summed E-state index contributed by atoms with van der Waals surface area (Å²) in [5, 5.41) is 19.4. The van der Waals surface area contributed by atoms with Gasteiger partial charge in [-0.3, -0.25) is 4.90 Å². The summed E-state index contributed by atoms with van der Waals surface area (Å²) in [6.07, 6.45) is -2.55. The zero-order chi connectivity index (χ0) is 34.4. The first-order valence-corrected chi connectivity index (χ1v) is 15.4. The van der Waals surface area contributed by atoms with Crippen molar-refractivity contribution in [2.24, 2.45) is 0 Å². The Morgan fingerprint density at radius 2 is 0.933 bits per heavy atom. The molecule has 1 heterocycles. The number of hydrogen-bond donors (Lipinski definition) is 2. The van der Waals surface area contributed by atoms with Gasteiger partial charge in [-0.1, -0.05) is 0 Å². The van der Waals surface area contributed by atoms with Gasteiger partial charge in [-0.05, 0) is 62.3 Å². The molecule has 45 heavy (non-hydrogen) atoms. The molecule has 1 atom stereocenters. The molecule has 0 spiro atoms. The molecule has 3 amide bonds. The molecule has 1 unspecified atom stereocenters. The van der Waals surface area contributed by atoms with E-state index in [2.05, 4.69) is 0 Å². The number of carbonyl (C=O) groups is 4. The third-order valence-corrected chi connectivity index (χ3v) is 5.98. The average Bonchev–Trinajstić information content (AvgIpc) is 2.84. The van der Waals surface area contributed by atoms with Crippen LogP contribution in [0, 0.1) is 0 Å². The van der Waals surface area contributed by atoms with Crippen molar-refractivity contribution >= 4 is 24.2 Å². The Kier molecular flexibility index (Phi) is 16.3. The highest BCUT2D eigenvalue weighted by molar-refractivity contribution is 5.70. The van der Waals surface area contributed by atoms with Gasteiger partial charge in [0.1, 0.15) is 23.4 Å². The van der Waals surface area contributed by atoms with Crippen LogP contribution in [0.15, 0.2) is 0 Å². The first-order valence-electron chi connectivity index (χ1n) is 15.4. The lowest BCUT2D eigenvalue weighted by molar-refractivity contribution is -0.142. The Hall–Kier alpha value is -2.88. The van der Waals surface area contributed by atoms with Crippen LogP contribution in [0.25, 0.3) is 0 Å². The average molecular weight is 649 g/mol. The summed E-state index contributed by atoms with van der Waals surface area (Å²) < 4.78 is 27.3. The fourth-order valence-electron chi connectivity index (χ4n) is 4.01. The number of aliphatic hydroxyl groups excluding tert-OH is 1. The number of carboxylic acid groups (broad SMARTS) is 1. The second kappa shape index (κ2) is 18.3. The van der Waals surface area contributed by atoms with Crippen LogP contribution in [-0.2, 0) is 28.5 Å². The molecule has 2 N–H and O–H groups in total. The molecule has 0 aliphatic carbocycles. The van der Waals surface area contributed by atoms with Gasteiger partial charge in [0.2, 0.25) is 0 Å². The zero-order valence-corrected chi connectivity index (χ0v) is 28.6. The maximum Gasteiger partial charge on any atom is 0.410 e. The molecule has 0 radical (unpaired) electrons. The Labute approximate surface area is 267 Å². The number of carbonyl (C=O) groups excluding carboxylic acids is 3. The maximum atomic E-state index is 13.2. The zero-order valence-electron chi connectivity index (χ0n) is 28.6. The number of aliphatic hydroxyl groups is 1. The second-order valence-electron chi connectivity index (χ2n) is 13.9. The van der Waals surface area contributed by atoms with Crippen molar-refractivity contribution in [1.29, 1.82) is 0 Å². The van der Waals surface area contributed by atoms with Crippen molar-refractivity contribution in [3.63, 3.8) is 0 Å². The van der Waals surface area contributed by atoms with E-state index in [4.69, 9.17) is 28.8 Å². The van der Waals surface area contributed by atoms with Gasteiger partial charge in [0.25, 0.3) is 0 Å². The number of ether oxygens (including phenoxy) is 5. The van der Waals surface area contributed by atoms with Crippen LogP contribution in [0.2, 0.25) is 0 Å². The standard InChI is InChI=1S/C30H56N4O11/c1-28(2,3)43-25(38)32-12-10-31(20-23(35)21-41-18-19-42-22-24(36)37)11-13-33(26(39)44-29(4,5)6)15-17-34(16-14-32)27(40)45-30(7,8)9/h23,35H,10-22H2,1-9H3,(H,36,37). The molecule has 1 aliphatic rings. The fraction of sp³-hybridized carbons (Fsp3) is 0.867. The van der Waals surface area contributed by atoms with Gasteiger partial charge >= 0.3 is 24.2 Å². The fourth-order valence-corrected chi connectivity index (χ4v) is 4.01. The molecule has 0 aromatic rings. The van der Waals surface area contributed by atoms with E-state index in [1.165, 1.54) is 14.7 Å². The van der Waals surface area contributed by atoms with Crippen molar-refractivity contribution in [2.45, 2.75) is 85.2 Å². The summed E-state index contributed by atoms with van der Waals surface area (Å²) in [4.78, 5) is 56.5. The van der Waals surface area contributed by atoms with Crippen LogP contribution in [0.1, 0.15) is 62.3 Å². The molecule has 15 nitrogen and oxygen atoms in total. The lowest BCUT2D eigenvalue weighted by Crippen LogP contribution is -2.52. The van der Waals surface area contributed by atoms with Crippen LogP contribution in [-0.4, -0.2) is 162 Å². The van der Waals surface area contributed by atoms with Crippen molar-refractivity contribution in [3.05, 3.63) is 0 Å². The van der Waals surface area contributed by atoms with Crippen LogP contribution in [0.3, 0.4) is 0 Å². The smallest absolute Gasteiger partial charge is 0.410 e. The van der Waals surface area contributed by atoms with Crippen LogP contribution in [0.5, 0.6) is 0 Å². The van der Waals surface area contributed by atoms with Crippen LogP contribution < -0.4 is 0 Å². The number of nitrogens with zero attached hydrogens (tertiary/aromatic N) is 4. The van der Waals surface area contributed by atoms with Crippen molar-refractivity contribution < 1.29 is 53.1 Å². The van der Waals surface area contributed by atoms with Gasteiger partial charge < -0.3 is 48.6 Å². The molecular formula is C30H56N4O11. The van der Waals surface area contributed by atoms with E-state index in [0.29, 0.717) is 13.1 Å². The number of rotatable bonds is 9. The molecule has 0 aromatic heterocycles. The highest BCUT2D eigenvalue weighted by atomic mass is 16.6. The third kappa shape index (κ3) is 19.3. The van der Waals surface area contributed by atoms with Gasteiger partial charge in [-0.15, -0.1) is 0 Å². The Morgan fingerprint density at radius 3 is 1.27 bits per heavy atom. The predicted molar refractivity (Wildman–Crippen MR) is 165 cm³/mol. The highest BCUT2D eigenvalue weighted by Crippen LogP contribution is 2.15. The number of carboxylic acids is 1. The number of aliphatic carboxylic acids is 1. The highest BCUT2D eigenvalue weighted by Gasteiger charge is 2.30. The van der Waals surface area contributed by atoms with Gasteiger partial charge in [0.05, 0.1) is 25.9 Å². The summed E-state index contributed by atoms with van der Waals surface area (Å²) in [6.45, 7) is 17.5. The molecule has 1 rings (SSSR count). The second-order valence-corrected chi connectivity index (χ2v) is 13.9. The summed E-state index contributed by atoms with van der Waals surface area (Å²) in [5.74, 6) is -1.08. The van der Waals surface area contributed by atoms with E-state index >= 15 is 0 Å². The normalized spacial score (nSPS) is 17.2. The minimum absolute atomic E-state index is 0.0245. The van der Waals surface area contributed by atoms with Gasteiger partial charge in [0, 0.05) is 58.9 Å². The molecule has 1 aliphatic heterocycles. The van der Waals surface area contributed by atoms with Gasteiger partial charge in [-0.25, -0.2) is 19.2 Å². The first kappa shape index (κ1) is 40.1. The molecule has 262 valence electrons. The Bertz CT molecular complexity index is 900. The van der Waals surface area contributed by atoms with Crippen LogP contribution >= 0.6 is 0 Å². The molecule has 1 fully saturated rings. The molecule has 0 bridgehead atoms. The van der Waals surface area contributed by atoms with Crippen molar-refractivity contribution in [2.75, 3.05) is 85.3 Å². The number of amides is 3. The monoisotopic (exact) mass is 648 g/mol. The van der Waals surface area contributed by atoms with E-state index in [-0.39, 0.29) is 65.6 Å².